The predicted octanol–water partition coefficient (Wildman–Crippen LogP) is 5.49. The van der Waals surface area contributed by atoms with E-state index in [1.165, 1.54) is 27.8 Å². The van der Waals surface area contributed by atoms with Crippen LogP contribution in [0.5, 0.6) is 0 Å². The lowest BCUT2D eigenvalue weighted by Gasteiger charge is -2.23. The van der Waals surface area contributed by atoms with Crippen molar-refractivity contribution in [3.05, 3.63) is 82.9 Å². The van der Waals surface area contributed by atoms with Crippen LogP contribution in [0.3, 0.4) is 0 Å². The number of para-hydroxylation sites is 1. The van der Waals surface area contributed by atoms with Gasteiger partial charge in [0.25, 0.3) is 15.9 Å². The second kappa shape index (κ2) is 9.80. The van der Waals surface area contributed by atoms with E-state index >= 15 is 0 Å². The van der Waals surface area contributed by atoms with E-state index < -0.39 is 10.0 Å². The number of sulfonamides is 1. The lowest BCUT2D eigenvalue weighted by molar-refractivity contribution is 0.0917. The third-order valence-corrected chi connectivity index (χ3v) is 10.1. The number of aryl methyl sites for hydroxylation is 2. The zero-order valence-electron chi connectivity index (χ0n) is 21.4. The highest BCUT2D eigenvalue weighted by Gasteiger charge is 2.31. The molecule has 7 nitrogen and oxygen atoms in total. The van der Waals surface area contributed by atoms with E-state index in [2.05, 4.69) is 19.1 Å². The molecular weight excluding hydrogens is 518 g/mol. The Morgan fingerprint density at radius 3 is 2.68 bits per heavy atom. The van der Waals surface area contributed by atoms with Gasteiger partial charge in [0.05, 0.1) is 33.4 Å². The number of hydrogen-bond acceptors (Lipinski definition) is 6. The Hall–Kier alpha value is -3.27. The molecule has 196 valence electrons. The number of rotatable bonds is 6. The number of thiazole rings is 1. The van der Waals surface area contributed by atoms with Crippen LogP contribution in [0.25, 0.3) is 10.2 Å². The van der Waals surface area contributed by atoms with Gasteiger partial charge >= 0.3 is 0 Å². The maximum Gasteiger partial charge on any atom is 0.264 e. The molecule has 38 heavy (non-hydrogen) atoms. The Labute approximate surface area is 226 Å². The zero-order chi connectivity index (χ0) is 26.4. The van der Waals surface area contributed by atoms with Gasteiger partial charge in [0.1, 0.15) is 0 Å². The van der Waals surface area contributed by atoms with Crippen LogP contribution in [-0.4, -0.2) is 45.1 Å². The summed E-state index contributed by atoms with van der Waals surface area (Å²) in [6, 6.07) is 18.0. The largest absolute Gasteiger partial charge is 0.376 e. The number of hydrogen-bond donors (Lipinski definition) is 0. The average molecular weight is 548 g/mol. The summed E-state index contributed by atoms with van der Waals surface area (Å²) in [5.41, 5.74) is 5.28. The van der Waals surface area contributed by atoms with Crippen molar-refractivity contribution in [2.24, 2.45) is 0 Å². The van der Waals surface area contributed by atoms with E-state index in [0.29, 0.717) is 36.8 Å². The molecule has 1 fully saturated rings. The fourth-order valence-electron chi connectivity index (χ4n) is 5.32. The van der Waals surface area contributed by atoms with Crippen molar-refractivity contribution >= 4 is 48.3 Å². The Kier molecular flexibility index (Phi) is 6.45. The second-order valence-electron chi connectivity index (χ2n) is 9.96. The minimum absolute atomic E-state index is 0.0521. The highest BCUT2D eigenvalue weighted by atomic mass is 32.2. The molecule has 0 aliphatic carbocycles. The van der Waals surface area contributed by atoms with Crippen molar-refractivity contribution in [2.45, 2.75) is 44.1 Å². The first-order valence-electron chi connectivity index (χ1n) is 12.8. The van der Waals surface area contributed by atoms with E-state index in [1.807, 2.05) is 31.2 Å². The normalized spacial score (nSPS) is 17.2. The van der Waals surface area contributed by atoms with Gasteiger partial charge in [-0.1, -0.05) is 35.6 Å². The number of carbonyl (C=O) groups excluding carboxylic acids is 1. The van der Waals surface area contributed by atoms with Crippen LogP contribution in [-0.2, 0) is 21.2 Å². The molecule has 0 spiro atoms. The van der Waals surface area contributed by atoms with Crippen LogP contribution < -0.4 is 9.21 Å². The maximum absolute atomic E-state index is 13.8. The predicted molar refractivity (Wildman–Crippen MR) is 151 cm³/mol. The van der Waals surface area contributed by atoms with Gasteiger partial charge in [-0.2, -0.15) is 0 Å². The van der Waals surface area contributed by atoms with Gasteiger partial charge in [-0.05, 0) is 86.2 Å². The summed E-state index contributed by atoms with van der Waals surface area (Å²) in [6.45, 7) is 5.59. The summed E-state index contributed by atoms with van der Waals surface area (Å²) in [5.74, 6) is -0.218. The average Bonchev–Trinajstić information content (AvgIpc) is 3.66. The first-order valence-corrected chi connectivity index (χ1v) is 15.1. The quantitative estimate of drug-likeness (QED) is 0.319. The van der Waals surface area contributed by atoms with Crippen molar-refractivity contribution in [2.75, 3.05) is 28.9 Å². The Bertz CT molecular complexity index is 1620. The number of anilines is 2. The van der Waals surface area contributed by atoms with E-state index in [-0.39, 0.29) is 16.9 Å². The highest BCUT2D eigenvalue weighted by Crippen LogP contribution is 2.35. The third-order valence-electron chi connectivity index (χ3n) is 7.24. The molecule has 2 aliphatic rings. The minimum Gasteiger partial charge on any atom is -0.376 e. The Morgan fingerprint density at radius 2 is 1.92 bits per heavy atom. The van der Waals surface area contributed by atoms with Crippen molar-refractivity contribution in [3.8, 4) is 0 Å². The molecule has 2 aliphatic heterocycles. The summed E-state index contributed by atoms with van der Waals surface area (Å²) >= 11 is 1.49. The van der Waals surface area contributed by atoms with Crippen molar-refractivity contribution < 1.29 is 17.9 Å². The summed E-state index contributed by atoms with van der Waals surface area (Å²) in [6.07, 6.45) is 2.49. The minimum atomic E-state index is -3.73. The Balaban J connectivity index is 1.31. The summed E-state index contributed by atoms with van der Waals surface area (Å²) < 4.78 is 35.2. The van der Waals surface area contributed by atoms with Gasteiger partial charge in [-0.15, -0.1) is 0 Å². The maximum atomic E-state index is 13.8. The van der Waals surface area contributed by atoms with E-state index in [9.17, 15) is 13.2 Å². The van der Waals surface area contributed by atoms with Crippen LogP contribution in [0.4, 0.5) is 10.8 Å². The molecule has 9 heteroatoms. The first kappa shape index (κ1) is 25.0. The van der Waals surface area contributed by atoms with Crippen molar-refractivity contribution in [3.63, 3.8) is 0 Å². The number of fused-ring (bicyclic) bond motifs is 2. The number of amides is 1. The molecule has 0 radical (unpaired) electrons. The molecule has 1 amide bonds. The molecule has 3 heterocycles. The van der Waals surface area contributed by atoms with Crippen LogP contribution >= 0.6 is 11.3 Å². The van der Waals surface area contributed by atoms with Gasteiger partial charge in [0.2, 0.25) is 0 Å². The molecule has 0 N–H and O–H groups in total. The lowest BCUT2D eigenvalue weighted by atomic mass is 10.1. The lowest BCUT2D eigenvalue weighted by Crippen LogP contribution is -2.37. The summed E-state index contributed by atoms with van der Waals surface area (Å²) in [5, 5.41) is 0.625. The number of carbonyl (C=O) groups is 1. The molecule has 3 aromatic carbocycles. The number of ether oxygens (including phenoxy) is 1. The first-order chi connectivity index (χ1) is 18.3. The topological polar surface area (TPSA) is 79.8 Å². The molecule has 4 aromatic rings. The molecule has 0 saturated carbocycles. The number of nitrogens with zero attached hydrogens (tertiary/aromatic N) is 3. The summed E-state index contributed by atoms with van der Waals surface area (Å²) in [7, 11) is -3.73. The summed E-state index contributed by atoms with van der Waals surface area (Å²) in [4.78, 5) is 20.5. The molecule has 1 aromatic heterocycles. The molecule has 1 unspecified atom stereocenters. The smallest absolute Gasteiger partial charge is 0.264 e. The molecular formula is C29H29N3O4S2. The van der Waals surface area contributed by atoms with Gasteiger partial charge < -0.3 is 4.74 Å². The molecule has 0 bridgehead atoms. The number of aromatic nitrogens is 1. The fourth-order valence-corrected chi connectivity index (χ4v) is 7.98. The van der Waals surface area contributed by atoms with Crippen molar-refractivity contribution in [1.82, 2.24) is 4.98 Å². The van der Waals surface area contributed by atoms with Gasteiger partial charge in [0.15, 0.2) is 5.13 Å². The standard InChI is InChI=1S/C29H29N3O4S2/c1-19-16-20(2)27-26(17-19)37-29(30-27)31(18-23-7-5-15-36-23)28(33)22-9-11-24(12-10-22)38(34,35)32-14-13-21-6-3-4-8-25(21)32/h3-4,6,8-12,16-17,23H,5,7,13-15,18H2,1-2H3. The fraction of sp³-hybridized carbons (Fsp3) is 0.310. The second-order valence-corrected chi connectivity index (χ2v) is 12.8. The van der Waals surface area contributed by atoms with E-state index in [0.717, 1.165) is 45.4 Å². The van der Waals surface area contributed by atoms with E-state index in [4.69, 9.17) is 9.72 Å². The van der Waals surface area contributed by atoms with Gasteiger partial charge in [0, 0.05) is 18.7 Å². The van der Waals surface area contributed by atoms with Gasteiger partial charge in [-0.3, -0.25) is 14.0 Å². The van der Waals surface area contributed by atoms with Crippen molar-refractivity contribution in [1.29, 1.82) is 0 Å². The SMILES string of the molecule is Cc1cc(C)c2nc(N(CC3CCCO3)C(=O)c3ccc(S(=O)(=O)N4CCc5ccccc54)cc3)sc2c1. The third kappa shape index (κ3) is 4.48. The highest BCUT2D eigenvalue weighted by molar-refractivity contribution is 7.92. The number of benzene rings is 3. The zero-order valence-corrected chi connectivity index (χ0v) is 23.0. The monoisotopic (exact) mass is 547 g/mol. The van der Waals surface area contributed by atoms with Gasteiger partial charge in [-0.25, -0.2) is 13.4 Å². The van der Waals surface area contributed by atoms with Crippen LogP contribution in [0.15, 0.2) is 65.6 Å². The molecule has 1 saturated heterocycles. The molecule has 1 atom stereocenters. The van der Waals surface area contributed by atoms with E-state index in [1.54, 1.807) is 17.0 Å². The Morgan fingerprint density at radius 1 is 1.13 bits per heavy atom. The van der Waals surface area contributed by atoms with Crippen LogP contribution in [0.2, 0.25) is 0 Å². The van der Waals surface area contributed by atoms with Crippen LogP contribution in [0.1, 0.15) is 39.9 Å². The van der Waals surface area contributed by atoms with Crippen LogP contribution in [0, 0.1) is 13.8 Å². The molecule has 6 rings (SSSR count).